The number of rotatable bonds is 0. The number of halogens is 1. The molecule has 1 atom stereocenters. The van der Waals surface area contributed by atoms with Gasteiger partial charge in [0.15, 0.2) is 5.69 Å². The van der Waals surface area contributed by atoms with E-state index in [2.05, 4.69) is 26.2 Å². The van der Waals surface area contributed by atoms with Gasteiger partial charge < -0.3 is 10.2 Å². The van der Waals surface area contributed by atoms with E-state index in [9.17, 15) is 9.59 Å². The molecule has 2 aliphatic rings. The first-order chi connectivity index (χ1) is 8.16. The van der Waals surface area contributed by atoms with Crippen LogP contribution in [0.25, 0.3) is 0 Å². The molecule has 3 heterocycles. The van der Waals surface area contributed by atoms with E-state index in [1.807, 2.05) is 0 Å². The maximum atomic E-state index is 12.3. The summed E-state index contributed by atoms with van der Waals surface area (Å²) >= 11 is 3.24. The van der Waals surface area contributed by atoms with E-state index in [-0.39, 0.29) is 17.9 Å². The zero-order valence-electron chi connectivity index (χ0n) is 8.94. The Morgan fingerprint density at radius 3 is 3.06 bits per heavy atom. The SMILES string of the molecule is O=C1Nc2ccc(Br)nc2C(=O)N2CCC[C@H]12. The second-order valence-electron chi connectivity index (χ2n) is 4.18. The highest BCUT2D eigenvalue weighted by Gasteiger charge is 2.39. The number of nitrogens with zero attached hydrogens (tertiary/aromatic N) is 2. The third-order valence-electron chi connectivity index (χ3n) is 3.14. The summed E-state index contributed by atoms with van der Waals surface area (Å²) < 4.78 is 0.594. The fourth-order valence-corrected chi connectivity index (χ4v) is 2.64. The molecule has 2 aliphatic heterocycles. The molecule has 1 fully saturated rings. The van der Waals surface area contributed by atoms with Crippen molar-refractivity contribution in [2.75, 3.05) is 11.9 Å². The Balaban J connectivity index is 2.12. The molecule has 2 amide bonds. The van der Waals surface area contributed by atoms with Gasteiger partial charge in [-0.05, 0) is 40.9 Å². The summed E-state index contributed by atoms with van der Waals surface area (Å²) in [6, 6.07) is 3.07. The highest BCUT2D eigenvalue weighted by Crippen LogP contribution is 2.28. The highest BCUT2D eigenvalue weighted by atomic mass is 79.9. The van der Waals surface area contributed by atoms with Crippen molar-refractivity contribution in [3.8, 4) is 0 Å². The number of carbonyl (C=O) groups is 2. The van der Waals surface area contributed by atoms with Crippen LogP contribution >= 0.6 is 15.9 Å². The standard InChI is InChI=1S/C11H10BrN3O2/c12-8-4-3-6-9(14-8)11(17)15-5-1-2-7(15)10(16)13-6/h3-4,7H,1-2,5H2,(H,13,16)/t7-/m1/s1. The van der Waals surface area contributed by atoms with Crippen LogP contribution in [-0.2, 0) is 4.79 Å². The third kappa shape index (κ3) is 1.63. The van der Waals surface area contributed by atoms with Gasteiger partial charge in [0, 0.05) is 6.54 Å². The van der Waals surface area contributed by atoms with Crippen molar-refractivity contribution in [3.63, 3.8) is 0 Å². The van der Waals surface area contributed by atoms with Crippen molar-refractivity contribution in [1.82, 2.24) is 9.88 Å². The lowest BCUT2D eigenvalue weighted by Crippen LogP contribution is -2.40. The van der Waals surface area contributed by atoms with E-state index in [4.69, 9.17) is 0 Å². The molecule has 0 aromatic carbocycles. The maximum absolute atomic E-state index is 12.3. The van der Waals surface area contributed by atoms with Crippen LogP contribution in [-0.4, -0.2) is 34.3 Å². The zero-order valence-corrected chi connectivity index (χ0v) is 10.5. The van der Waals surface area contributed by atoms with Crippen LogP contribution in [0, 0.1) is 0 Å². The largest absolute Gasteiger partial charge is 0.325 e. The smallest absolute Gasteiger partial charge is 0.275 e. The molecule has 1 N–H and O–H groups in total. The van der Waals surface area contributed by atoms with Crippen LogP contribution in [0.15, 0.2) is 16.7 Å². The van der Waals surface area contributed by atoms with Crippen molar-refractivity contribution < 1.29 is 9.59 Å². The molecule has 1 aromatic heterocycles. The molecule has 0 unspecified atom stereocenters. The molecule has 5 nitrogen and oxygen atoms in total. The molecule has 1 aromatic rings. The van der Waals surface area contributed by atoms with E-state index in [0.29, 0.717) is 22.5 Å². The number of anilines is 1. The Morgan fingerprint density at radius 2 is 2.24 bits per heavy atom. The molecule has 0 spiro atoms. The summed E-state index contributed by atoms with van der Waals surface area (Å²) in [5.41, 5.74) is 0.815. The Kier molecular flexibility index (Phi) is 2.39. The summed E-state index contributed by atoms with van der Waals surface area (Å²) in [5.74, 6) is -0.277. The fraction of sp³-hybridized carbons (Fsp3) is 0.364. The minimum atomic E-state index is -0.338. The lowest BCUT2D eigenvalue weighted by molar-refractivity contribution is -0.119. The van der Waals surface area contributed by atoms with Gasteiger partial charge in [0.1, 0.15) is 10.6 Å². The number of hydrogen-bond donors (Lipinski definition) is 1. The van der Waals surface area contributed by atoms with Gasteiger partial charge in [-0.3, -0.25) is 9.59 Å². The van der Waals surface area contributed by atoms with Crippen LogP contribution in [0.2, 0.25) is 0 Å². The van der Waals surface area contributed by atoms with E-state index in [1.165, 1.54) is 0 Å². The van der Waals surface area contributed by atoms with E-state index in [1.54, 1.807) is 17.0 Å². The topological polar surface area (TPSA) is 62.3 Å². The Morgan fingerprint density at radius 1 is 1.41 bits per heavy atom. The van der Waals surface area contributed by atoms with Crippen molar-refractivity contribution in [1.29, 1.82) is 0 Å². The van der Waals surface area contributed by atoms with E-state index in [0.717, 1.165) is 12.8 Å². The Labute approximate surface area is 106 Å². The summed E-state index contributed by atoms with van der Waals surface area (Å²) in [6.07, 6.45) is 1.60. The van der Waals surface area contributed by atoms with Crippen molar-refractivity contribution >= 4 is 33.4 Å². The summed E-state index contributed by atoms with van der Waals surface area (Å²) in [7, 11) is 0. The molecule has 0 saturated carbocycles. The number of fused-ring (bicyclic) bond motifs is 2. The number of aromatic nitrogens is 1. The summed E-state index contributed by atoms with van der Waals surface area (Å²) in [6.45, 7) is 0.630. The average molecular weight is 296 g/mol. The van der Waals surface area contributed by atoms with Crippen molar-refractivity contribution in [3.05, 3.63) is 22.4 Å². The molecule has 1 saturated heterocycles. The van der Waals surface area contributed by atoms with Crippen molar-refractivity contribution in [2.24, 2.45) is 0 Å². The predicted molar refractivity (Wildman–Crippen MR) is 64.6 cm³/mol. The van der Waals surface area contributed by atoms with Gasteiger partial charge in [0.2, 0.25) is 5.91 Å². The predicted octanol–water partition coefficient (Wildman–Crippen LogP) is 1.40. The molecule has 17 heavy (non-hydrogen) atoms. The van der Waals surface area contributed by atoms with E-state index < -0.39 is 0 Å². The first kappa shape index (κ1) is 10.7. The quantitative estimate of drug-likeness (QED) is 0.736. The van der Waals surface area contributed by atoms with Gasteiger partial charge in [0.05, 0.1) is 5.69 Å². The lowest BCUT2D eigenvalue weighted by atomic mass is 10.2. The monoisotopic (exact) mass is 295 g/mol. The second kappa shape index (κ2) is 3.80. The van der Waals surface area contributed by atoms with Crippen LogP contribution in [0.3, 0.4) is 0 Å². The molecule has 3 rings (SSSR count). The summed E-state index contributed by atoms with van der Waals surface area (Å²) in [4.78, 5) is 30.0. The molecule has 0 bridgehead atoms. The van der Waals surface area contributed by atoms with Crippen molar-refractivity contribution in [2.45, 2.75) is 18.9 Å². The second-order valence-corrected chi connectivity index (χ2v) is 4.99. The molecule has 0 aliphatic carbocycles. The fourth-order valence-electron chi connectivity index (χ4n) is 2.33. The molecule has 88 valence electrons. The zero-order chi connectivity index (χ0) is 12.0. The van der Waals surface area contributed by atoms with Gasteiger partial charge in [-0.2, -0.15) is 0 Å². The minimum absolute atomic E-state index is 0.112. The van der Waals surface area contributed by atoms with Gasteiger partial charge in [0.25, 0.3) is 5.91 Å². The van der Waals surface area contributed by atoms with E-state index >= 15 is 0 Å². The molecule has 0 radical (unpaired) electrons. The van der Waals surface area contributed by atoms with Gasteiger partial charge in [-0.25, -0.2) is 4.98 Å². The Hall–Kier alpha value is -1.43. The van der Waals surface area contributed by atoms with Gasteiger partial charge >= 0.3 is 0 Å². The lowest BCUT2D eigenvalue weighted by Gasteiger charge is -2.19. The van der Waals surface area contributed by atoms with Gasteiger partial charge in [-0.15, -0.1) is 0 Å². The number of nitrogens with one attached hydrogen (secondary N) is 1. The van der Waals surface area contributed by atoms with Crippen LogP contribution < -0.4 is 5.32 Å². The first-order valence-corrected chi connectivity index (χ1v) is 6.24. The van der Waals surface area contributed by atoms with Crippen LogP contribution in [0.1, 0.15) is 23.3 Å². The molecular formula is C11H10BrN3O2. The highest BCUT2D eigenvalue weighted by molar-refractivity contribution is 9.10. The number of pyridine rings is 1. The molecule has 6 heteroatoms. The number of carbonyl (C=O) groups excluding carboxylic acids is 2. The number of hydrogen-bond acceptors (Lipinski definition) is 3. The summed E-state index contributed by atoms with van der Waals surface area (Å²) in [5, 5.41) is 2.77. The van der Waals surface area contributed by atoms with Gasteiger partial charge in [-0.1, -0.05) is 0 Å². The van der Waals surface area contributed by atoms with Crippen LogP contribution in [0.4, 0.5) is 5.69 Å². The number of amides is 2. The first-order valence-electron chi connectivity index (χ1n) is 5.45. The minimum Gasteiger partial charge on any atom is -0.325 e. The Bertz CT molecular complexity index is 517. The normalized spacial score (nSPS) is 22.9. The maximum Gasteiger partial charge on any atom is 0.275 e. The van der Waals surface area contributed by atoms with Crippen LogP contribution in [0.5, 0.6) is 0 Å². The molecular weight excluding hydrogens is 286 g/mol. The third-order valence-corrected chi connectivity index (χ3v) is 3.58. The average Bonchev–Trinajstić information content (AvgIpc) is 2.76.